The molecule has 1 saturated heterocycles. The number of carbonyl (C=O) groups excluding carboxylic acids is 1. The fourth-order valence-electron chi connectivity index (χ4n) is 2.58. The van der Waals surface area contributed by atoms with Gasteiger partial charge in [0.15, 0.2) is 0 Å². The van der Waals surface area contributed by atoms with Gasteiger partial charge in [0.2, 0.25) is 5.91 Å². The Morgan fingerprint density at radius 2 is 2.08 bits per heavy atom. The van der Waals surface area contributed by atoms with Crippen LogP contribution in [0.2, 0.25) is 5.02 Å². The lowest BCUT2D eigenvalue weighted by atomic mass is 9.96. The molecule has 2 N–H and O–H groups in total. The molecule has 1 unspecified atom stereocenters. The van der Waals surface area contributed by atoms with E-state index in [1.807, 2.05) is 0 Å². The molecule has 1 aliphatic rings. The molecule has 0 aliphatic carbocycles. The summed E-state index contributed by atoms with van der Waals surface area (Å²) in [6.45, 7) is 0.536. The first-order valence-electron chi connectivity index (χ1n) is 7.05. The molecule has 0 radical (unpaired) electrons. The number of nitrogens with zero attached hydrogens (tertiary/aromatic N) is 2. The molecular formula is C14H15ClF3N3O3. The van der Waals surface area contributed by atoms with Crippen molar-refractivity contribution in [2.24, 2.45) is 11.8 Å². The lowest BCUT2D eigenvalue weighted by Crippen LogP contribution is -2.41. The van der Waals surface area contributed by atoms with Crippen LogP contribution >= 0.6 is 11.6 Å². The summed E-state index contributed by atoms with van der Waals surface area (Å²) in [5.74, 6) is -5.48. The fraction of sp³-hybridized carbons (Fsp3) is 0.500. The third kappa shape index (κ3) is 4.15. The van der Waals surface area contributed by atoms with Gasteiger partial charge in [-0.25, -0.2) is 4.98 Å². The van der Waals surface area contributed by atoms with Gasteiger partial charge in [0, 0.05) is 19.3 Å². The number of carboxylic acids is 1. The number of nitrogens with one attached hydrogen (secondary N) is 1. The maximum atomic E-state index is 13.0. The summed E-state index contributed by atoms with van der Waals surface area (Å²) in [7, 11) is 0. The van der Waals surface area contributed by atoms with Crippen molar-refractivity contribution >= 4 is 29.3 Å². The molecule has 0 aromatic carbocycles. The number of halogens is 4. The topological polar surface area (TPSA) is 82.5 Å². The lowest BCUT2D eigenvalue weighted by molar-refractivity contribution is -0.188. The smallest absolute Gasteiger partial charge is 0.393 e. The van der Waals surface area contributed by atoms with Crippen molar-refractivity contribution in [2.45, 2.75) is 19.1 Å². The number of carbonyl (C=O) groups is 2. The van der Waals surface area contributed by atoms with Gasteiger partial charge in [0.1, 0.15) is 5.82 Å². The lowest BCUT2D eigenvalue weighted by Gasteiger charge is -2.23. The van der Waals surface area contributed by atoms with E-state index in [2.05, 4.69) is 10.3 Å². The summed E-state index contributed by atoms with van der Waals surface area (Å²) < 4.78 is 38.9. The first-order chi connectivity index (χ1) is 11.1. The molecule has 10 heteroatoms. The maximum Gasteiger partial charge on any atom is 0.393 e. The molecular weight excluding hydrogens is 351 g/mol. The summed E-state index contributed by atoms with van der Waals surface area (Å²) in [6, 6.07) is 2.03. The number of hydrogen-bond donors (Lipinski definition) is 2. The van der Waals surface area contributed by atoms with Crippen LogP contribution in [0, 0.1) is 11.8 Å². The van der Waals surface area contributed by atoms with E-state index in [1.54, 1.807) is 0 Å². The third-order valence-electron chi connectivity index (χ3n) is 3.99. The minimum atomic E-state index is -4.63. The average Bonchev–Trinajstić information content (AvgIpc) is 2.94. The van der Waals surface area contributed by atoms with Crippen molar-refractivity contribution in [1.29, 1.82) is 0 Å². The van der Waals surface area contributed by atoms with Crippen molar-refractivity contribution in [3.63, 3.8) is 0 Å². The first-order valence-corrected chi connectivity index (χ1v) is 7.43. The van der Waals surface area contributed by atoms with E-state index >= 15 is 0 Å². The van der Waals surface area contributed by atoms with Crippen LogP contribution in [-0.4, -0.2) is 52.2 Å². The first kappa shape index (κ1) is 18.5. The summed E-state index contributed by atoms with van der Waals surface area (Å²) >= 11 is 5.67. The van der Waals surface area contributed by atoms with Crippen LogP contribution in [0.5, 0.6) is 0 Å². The van der Waals surface area contributed by atoms with Crippen LogP contribution in [0.15, 0.2) is 18.3 Å². The molecule has 1 aromatic heterocycles. The number of rotatable bonds is 4. The van der Waals surface area contributed by atoms with E-state index in [0.717, 1.165) is 0 Å². The molecule has 132 valence electrons. The van der Waals surface area contributed by atoms with Gasteiger partial charge in [0.25, 0.3) is 0 Å². The summed E-state index contributed by atoms with van der Waals surface area (Å²) in [5.41, 5.74) is 0. The van der Waals surface area contributed by atoms with E-state index < -0.39 is 42.5 Å². The van der Waals surface area contributed by atoms with Crippen LogP contribution in [0.3, 0.4) is 0 Å². The fourth-order valence-corrected chi connectivity index (χ4v) is 2.69. The molecule has 3 atom stereocenters. The van der Waals surface area contributed by atoms with E-state index in [-0.39, 0.29) is 12.4 Å². The van der Waals surface area contributed by atoms with Crippen molar-refractivity contribution < 1.29 is 27.9 Å². The predicted molar refractivity (Wildman–Crippen MR) is 79.6 cm³/mol. The van der Waals surface area contributed by atoms with Gasteiger partial charge >= 0.3 is 12.1 Å². The molecule has 1 fully saturated rings. The average molecular weight is 366 g/mol. The number of carboxylic acid groups (broad SMARTS) is 1. The molecule has 0 spiro atoms. The Hall–Kier alpha value is -1.87. The molecule has 1 aliphatic heterocycles. The van der Waals surface area contributed by atoms with Gasteiger partial charge in [-0.1, -0.05) is 11.6 Å². The molecule has 2 heterocycles. The Morgan fingerprint density at radius 1 is 1.42 bits per heavy atom. The Morgan fingerprint density at radius 3 is 2.54 bits per heavy atom. The number of pyridine rings is 1. The summed E-state index contributed by atoms with van der Waals surface area (Å²) in [6.07, 6.45) is -3.32. The minimum Gasteiger partial charge on any atom is -0.481 e. The highest BCUT2D eigenvalue weighted by Gasteiger charge is 2.53. The second-order valence-electron chi connectivity index (χ2n) is 5.57. The van der Waals surface area contributed by atoms with Crippen molar-refractivity contribution in [1.82, 2.24) is 9.88 Å². The zero-order chi connectivity index (χ0) is 18.1. The van der Waals surface area contributed by atoms with E-state index in [4.69, 9.17) is 16.7 Å². The Kier molecular flexibility index (Phi) is 5.34. The van der Waals surface area contributed by atoms with Gasteiger partial charge in [-0.2, -0.15) is 13.2 Å². The molecule has 24 heavy (non-hydrogen) atoms. The van der Waals surface area contributed by atoms with E-state index in [9.17, 15) is 22.8 Å². The van der Waals surface area contributed by atoms with Gasteiger partial charge < -0.3 is 10.4 Å². The van der Waals surface area contributed by atoms with Crippen LogP contribution in [0.1, 0.15) is 6.92 Å². The SMILES string of the molecule is CC(C(=O)Nc1ccc(Cl)cn1)N1C[C@@H](C(F)(F)F)[C@H](C(=O)O)C1. The molecule has 6 nitrogen and oxygen atoms in total. The largest absolute Gasteiger partial charge is 0.481 e. The highest BCUT2D eigenvalue weighted by Crippen LogP contribution is 2.38. The number of amides is 1. The minimum absolute atomic E-state index is 0.206. The highest BCUT2D eigenvalue weighted by atomic mass is 35.5. The highest BCUT2D eigenvalue weighted by molar-refractivity contribution is 6.30. The van der Waals surface area contributed by atoms with Crippen LogP contribution < -0.4 is 5.32 Å². The molecule has 0 saturated carbocycles. The Labute approximate surface area is 140 Å². The van der Waals surface area contributed by atoms with E-state index in [1.165, 1.54) is 30.2 Å². The zero-order valence-electron chi connectivity index (χ0n) is 12.5. The normalized spacial score (nSPS) is 23.0. The Bertz CT molecular complexity index is 624. The number of hydrogen-bond acceptors (Lipinski definition) is 4. The molecule has 1 amide bonds. The van der Waals surface area contributed by atoms with Crippen LogP contribution in [0.4, 0.5) is 19.0 Å². The maximum absolute atomic E-state index is 13.0. The number of aromatic nitrogens is 1. The number of likely N-dealkylation sites (tertiary alicyclic amines) is 1. The number of aliphatic carboxylic acids is 1. The van der Waals surface area contributed by atoms with Gasteiger partial charge in [0.05, 0.1) is 22.9 Å². The predicted octanol–water partition coefficient (Wildman–Crippen LogP) is 2.26. The zero-order valence-corrected chi connectivity index (χ0v) is 13.3. The second kappa shape index (κ2) is 6.94. The summed E-state index contributed by atoms with van der Waals surface area (Å²) in [4.78, 5) is 28.3. The standard InChI is InChI=1S/C14H15ClF3N3O3/c1-7(12(22)20-11-3-2-8(15)4-19-11)21-5-9(13(23)24)10(6-21)14(16,17)18/h2-4,7,9-10H,5-6H2,1H3,(H,23,24)(H,19,20,22)/t7?,9-,10-/m1/s1. The molecule has 0 bridgehead atoms. The number of alkyl halides is 3. The molecule has 2 rings (SSSR count). The van der Waals surface area contributed by atoms with Crippen LogP contribution in [-0.2, 0) is 9.59 Å². The van der Waals surface area contributed by atoms with Crippen molar-refractivity contribution in [3.05, 3.63) is 23.4 Å². The van der Waals surface area contributed by atoms with Gasteiger partial charge in [-0.05, 0) is 19.1 Å². The second-order valence-corrected chi connectivity index (χ2v) is 6.01. The van der Waals surface area contributed by atoms with E-state index in [0.29, 0.717) is 5.02 Å². The van der Waals surface area contributed by atoms with Gasteiger partial charge in [-0.15, -0.1) is 0 Å². The van der Waals surface area contributed by atoms with Crippen LogP contribution in [0.25, 0.3) is 0 Å². The monoisotopic (exact) mass is 365 g/mol. The third-order valence-corrected chi connectivity index (χ3v) is 4.22. The van der Waals surface area contributed by atoms with Crippen molar-refractivity contribution in [2.75, 3.05) is 18.4 Å². The van der Waals surface area contributed by atoms with Crippen molar-refractivity contribution in [3.8, 4) is 0 Å². The Balaban J connectivity index is 2.06. The molecule has 1 aromatic rings. The van der Waals surface area contributed by atoms with Gasteiger partial charge in [-0.3, -0.25) is 14.5 Å². The quantitative estimate of drug-likeness (QED) is 0.855. The number of anilines is 1. The summed E-state index contributed by atoms with van der Waals surface area (Å²) in [5, 5.41) is 11.8.